The number of rotatable bonds is 4. The van der Waals surface area contributed by atoms with Gasteiger partial charge in [0.1, 0.15) is 18.2 Å². The monoisotopic (exact) mass is 255 g/mol. The van der Waals surface area contributed by atoms with E-state index in [0.717, 1.165) is 12.1 Å². The van der Waals surface area contributed by atoms with Gasteiger partial charge >= 0.3 is 12.1 Å². The smallest absolute Gasteiger partial charge is 0.407 e. The number of carboxylic acids is 1. The van der Waals surface area contributed by atoms with Crippen molar-refractivity contribution >= 4 is 12.1 Å². The van der Waals surface area contributed by atoms with Crippen LogP contribution in [0.15, 0.2) is 18.2 Å². The fraction of sp³-hybridized carbons (Fsp3) is 0.273. The van der Waals surface area contributed by atoms with E-state index in [4.69, 9.17) is 14.6 Å². The number of halogens is 1. The van der Waals surface area contributed by atoms with Gasteiger partial charge in [-0.3, -0.25) is 0 Å². The second-order valence-corrected chi connectivity index (χ2v) is 3.67. The van der Waals surface area contributed by atoms with E-state index in [0.29, 0.717) is 6.54 Å². The summed E-state index contributed by atoms with van der Waals surface area (Å²) in [4.78, 5) is 21.3. The van der Waals surface area contributed by atoms with Gasteiger partial charge in [0.2, 0.25) is 0 Å². The summed E-state index contributed by atoms with van der Waals surface area (Å²) in [5.41, 5.74) is -0.420. The van der Waals surface area contributed by atoms with Gasteiger partial charge in [0.25, 0.3) is 0 Å². The molecule has 0 aliphatic carbocycles. The highest BCUT2D eigenvalue weighted by Crippen LogP contribution is 2.17. The van der Waals surface area contributed by atoms with Crippen LogP contribution >= 0.6 is 0 Å². The molecule has 1 saturated heterocycles. The summed E-state index contributed by atoms with van der Waals surface area (Å²) in [6.45, 7) is 0.402. The Kier molecular flexibility index (Phi) is 3.31. The summed E-state index contributed by atoms with van der Waals surface area (Å²) in [6.07, 6.45) is -0.948. The third-order valence-corrected chi connectivity index (χ3v) is 2.35. The van der Waals surface area contributed by atoms with Crippen LogP contribution in [0.1, 0.15) is 10.4 Å². The molecular formula is C11H10FNO5. The van der Waals surface area contributed by atoms with Crippen molar-refractivity contribution in [1.29, 1.82) is 0 Å². The Balaban J connectivity index is 1.96. The summed E-state index contributed by atoms with van der Waals surface area (Å²) in [7, 11) is 0. The Hall–Kier alpha value is -2.31. The average molecular weight is 255 g/mol. The van der Waals surface area contributed by atoms with Gasteiger partial charge in [-0.2, -0.15) is 0 Å². The number of hydrogen-bond donors (Lipinski definition) is 2. The van der Waals surface area contributed by atoms with E-state index in [2.05, 4.69) is 5.32 Å². The first-order valence-electron chi connectivity index (χ1n) is 5.16. The minimum absolute atomic E-state index is 0.0740. The SMILES string of the molecule is O=C1NCC(COc2ccc(C(=O)O)c(F)c2)O1. The van der Waals surface area contributed by atoms with Crippen molar-refractivity contribution in [2.45, 2.75) is 6.10 Å². The highest BCUT2D eigenvalue weighted by atomic mass is 19.1. The molecule has 1 aliphatic heterocycles. The maximum Gasteiger partial charge on any atom is 0.407 e. The lowest BCUT2D eigenvalue weighted by Gasteiger charge is -2.10. The topological polar surface area (TPSA) is 84.9 Å². The second kappa shape index (κ2) is 4.91. The Morgan fingerprint density at radius 3 is 2.94 bits per heavy atom. The summed E-state index contributed by atoms with van der Waals surface area (Å²) in [5, 5.41) is 11.1. The molecule has 96 valence electrons. The molecule has 2 rings (SSSR count). The molecule has 1 aliphatic rings. The molecule has 0 bridgehead atoms. The highest BCUT2D eigenvalue weighted by molar-refractivity contribution is 5.88. The Bertz CT molecular complexity index is 490. The van der Waals surface area contributed by atoms with Gasteiger partial charge in [-0.25, -0.2) is 14.0 Å². The fourth-order valence-corrected chi connectivity index (χ4v) is 1.47. The van der Waals surface area contributed by atoms with Crippen molar-refractivity contribution in [1.82, 2.24) is 5.32 Å². The van der Waals surface area contributed by atoms with Crippen molar-refractivity contribution in [3.05, 3.63) is 29.6 Å². The van der Waals surface area contributed by atoms with E-state index in [-0.39, 0.29) is 12.4 Å². The van der Waals surface area contributed by atoms with Gasteiger partial charge in [-0.15, -0.1) is 0 Å². The molecule has 1 heterocycles. The summed E-state index contributed by atoms with van der Waals surface area (Å²) < 4.78 is 23.3. The summed E-state index contributed by atoms with van der Waals surface area (Å²) in [6, 6.07) is 3.44. The molecule has 6 nitrogen and oxygen atoms in total. The summed E-state index contributed by atoms with van der Waals surface area (Å²) >= 11 is 0. The van der Waals surface area contributed by atoms with Crippen LogP contribution in [0.25, 0.3) is 0 Å². The number of nitrogens with one attached hydrogen (secondary N) is 1. The van der Waals surface area contributed by atoms with E-state index in [9.17, 15) is 14.0 Å². The molecule has 0 spiro atoms. The Morgan fingerprint density at radius 1 is 1.61 bits per heavy atom. The van der Waals surface area contributed by atoms with E-state index in [1.54, 1.807) is 0 Å². The minimum atomic E-state index is -1.34. The number of hydrogen-bond acceptors (Lipinski definition) is 4. The fourth-order valence-electron chi connectivity index (χ4n) is 1.47. The van der Waals surface area contributed by atoms with Gasteiger partial charge in [-0.1, -0.05) is 0 Å². The van der Waals surface area contributed by atoms with Gasteiger partial charge in [0.05, 0.1) is 12.1 Å². The van der Waals surface area contributed by atoms with Crippen molar-refractivity contribution in [2.75, 3.05) is 13.2 Å². The molecule has 0 aromatic heterocycles. The summed E-state index contributed by atoms with van der Waals surface area (Å²) in [5.74, 6) is -2.03. The van der Waals surface area contributed by atoms with Crippen LogP contribution in [0.3, 0.4) is 0 Å². The number of carboxylic acid groups (broad SMARTS) is 1. The predicted molar refractivity (Wildman–Crippen MR) is 57.1 cm³/mol. The van der Waals surface area contributed by atoms with Crippen LogP contribution in [0.5, 0.6) is 5.75 Å². The highest BCUT2D eigenvalue weighted by Gasteiger charge is 2.23. The molecule has 1 aromatic rings. The van der Waals surface area contributed by atoms with Crippen LogP contribution in [0.4, 0.5) is 9.18 Å². The minimum Gasteiger partial charge on any atom is -0.490 e. The molecule has 1 fully saturated rings. The Morgan fingerprint density at radius 2 is 2.39 bits per heavy atom. The number of carbonyl (C=O) groups is 2. The lowest BCUT2D eigenvalue weighted by Crippen LogP contribution is -2.22. The van der Waals surface area contributed by atoms with Crippen molar-refractivity contribution < 1.29 is 28.6 Å². The molecule has 1 atom stereocenters. The lowest BCUT2D eigenvalue weighted by atomic mass is 10.2. The molecule has 18 heavy (non-hydrogen) atoms. The molecule has 1 unspecified atom stereocenters. The van der Waals surface area contributed by atoms with Gasteiger partial charge < -0.3 is 19.9 Å². The van der Waals surface area contributed by atoms with Gasteiger partial charge in [0, 0.05) is 6.07 Å². The molecule has 7 heteroatoms. The van der Waals surface area contributed by atoms with Crippen LogP contribution in [-0.2, 0) is 4.74 Å². The van der Waals surface area contributed by atoms with Crippen LogP contribution < -0.4 is 10.1 Å². The van der Waals surface area contributed by atoms with Crippen LogP contribution in [0, 0.1) is 5.82 Å². The maximum absolute atomic E-state index is 13.3. The lowest BCUT2D eigenvalue weighted by molar-refractivity contribution is 0.0691. The second-order valence-electron chi connectivity index (χ2n) is 3.67. The molecule has 1 aromatic carbocycles. The maximum atomic E-state index is 13.3. The zero-order chi connectivity index (χ0) is 13.1. The zero-order valence-corrected chi connectivity index (χ0v) is 9.18. The third-order valence-electron chi connectivity index (χ3n) is 2.35. The number of amides is 1. The number of benzene rings is 1. The van der Waals surface area contributed by atoms with Gasteiger partial charge in [-0.05, 0) is 12.1 Å². The molecule has 0 saturated carbocycles. The van der Waals surface area contributed by atoms with E-state index >= 15 is 0 Å². The van der Waals surface area contributed by atoms with E-state index in [1.165, 1.54) is 6.07 Å². The van der Waals surface area contributed by atoms with E-state index in [1.807, 2.05) is 0 Å². The van der Waals surface area contributed by atoms with Crippen molar-refractivity contribution in [2.24, 2.45) is 0 Å². The Labute approximate surface area is 101 Å². The average Bonchev–Trinajstić information content (AvgIpc) is 2.72. The molecule has 2 N–H and O–H groups in total. The quantitative estimate of drug-likeness (QED) is 0.838. The van der Waals surface area contributed by atoms with Crippen LogP contribution in [0.2, 0.25) is 0 Å². The normalized spacial score (nSPS) is 18.1. The van der Waals surface area contributed by atoms with E-state index < -0.39 is 29.5 Å². The first kappa shape index (κ1) is 12.2. The first-order valence-corrected chi connectivity index (χ1v) is 5.16. The zero-order valence-electron chi connectivity index (χ0n) is 9.18. The van der Waals surface area contributed by atoms with Crippen LogP contribution in [-0.4, -0.2) is 36.4 Å². The molecular weight excluding hydrogens is 245 g/mol. The first-order chi connectivity index (χ1) is 8.56. The number of cyclic esters (lactones) is 1. The number of carbonyl (C=O) groups excluding carboxylic acids is 1. The number of aromatic carboxylic acids is 1. The standard InChI is InChI=1S/C11H10FNO5/c12-9-3-6(1-2-8(9)10(14)15)17-5-7-4-13-11(16)18-7/h1-3,7H,4-5H2,(H,13,16)(H,14,15). The van der Waals surface area contributed by atoms with Crippen molar-refractivity contribution in [3.63, 3.8) is 0 Å². The number of alkyl carbamates (subject to hydrolysis) is 1. The third kappa shape index (κ3) is 2.68. The largest absolute Gasteiger partial charge is 0.490 e. The molecule has 0 radical (unpaired) electrons. The molecule has 1 amide bonds. The van der Waals surface area contributed by atoms with Gasteiger partial charge in [0.15, 0.2) is 6.10 Å². The predicted octanol–water partition coefficient (Wildman–Crippen LogP) is 1.01. The van der Waals surface area contributed by atoms with Crippen molar-refractivity contribution in [3.8, 4) is 5.75 Å². The number of ether oxygens (including phenoxy) is 2.